The molecule has 8 heteroatoms. The van der Waals surface area contributed by atoms with Gasteiger partial charge in [-0.25, -0.2) is 4.68 Å². The summed E-state index contributed by atoms with van der Waals surface area (Å²) < 4.78 is 7.34. The minimum Gasteiger partial charge on any atom is -0.497 e. The van der Waals surface area contributed by atoms with Gasteiger partial charge in [-0.1, -0.05) is 44.2 Å². The SMILES string of the molecule is CC[C@@H](c1nnnn1C(C)(C)CC)N(CCc1ccccc1)Cc1cc2cc(OC)ccc2[nH]c1=O. The number of ether oxygens (including phenoxy) is 1. The second-order valence-electron chi connectivity index (χ2n) is 9.82. The fourth-order valence-electron chi connectivity index (χ4n) is 4.54. The molecule has 2 heterocycles. The molecule has 0 aliphatic carbocycles. The number of hydrogen-bond donors (Lipinski definition) is 1. The highest BCUT2D eigenvalue weighted by atomic mass is 16.5. The molecular weight excluding hydrogens is 452 g/mol. The maximum atomic E-state index is 13.1. The van der Waals surface area contributed by atoms with Gasteiger partial charge in [0.05, 0.1) is 18.7 Å². The number of tetrazole rings is 1. The Labute approximate surface area is 212 Å². The van der Waals surface area contributed by atoms with Gasteiger partial charge in [0.2, 0.25) is 0 Å². The molecule has 8 nitrogen and oxygen atoms in total. The molecule has 0 unspecified atom stereocenters. The Morgan fingerprint density at radius 2 is 1.89 bits per heavy atom. The topological polar surface area (TPSA) is 88.9 Å². The van der Waals surface area contributed by atoms with E-state index in [-0.39, 0.29) is 17.1 Å². The van der Waals surface area contributed by atoms with Crippen LogP contribution in [0.4, 0.5) is 0 Å². The zero-order valence-electron chi connectivity index (χ0n) is 21.9. The first-order chi connectivity index (χ1) is 17.4. The molecule has 4 rings (SSSR count). The second-order valence-corrected chi connectivity index (χ2v) is 9.82. The molecule has 36 heavy (non-hydrogen) atoms. The van der Waals surface area contributed by atoms with Crippen molar-refractivity contribution >= 4 is 10.9 Å². The lowest BCUT2D eigenvalue weighted by Crippen LogP contribution is -2.37. The third kappa shape index (κ3) is 5.49. The van der Waals surface area contributed by atoms with Crippen molar-refractivity contribution < 1.29 is 4.74 Å². The minimum atomic E-state index is -0.214. The van der Waals surface area contributed by atoms with E-state index in [0.29, 0.717) is 12.1 Å². The first kappa shape index (κ1) is 25.6. The van der Waals surface area contributed by atoms with Crippen LogP contribution in [0.2, 0.25) is 0 Å². The van der Waals surface area contributed by atoms with Crippen molar-refractivity contribution in [3.8, 4) is 5.75 Å². The molecule has 0 saturated heterocycles. The molecular formula is C28H36N6O2. The molecule has 0 radical (unpaired) electrons. The molecule has 1 atom stereocenters. The van der Waals surface area contributed by atoms with Gasteiger partial charge in [-0.2, -0.15) is 0 Å². The third-order valence-corrected chi connectivity index (χ3v) is 7.09. The molecule has 1 N–H and O–H groups in total. The maximum Gasteiger partial charge on any atom is 0.252 e. The number of aromatic nitrogens is 5. The molecule has 0 spiro atoms. The predicted molar refractivity (Wildman–Crippen MR) is 142 cm³/mol. The molecule has 0 bridgehead atoms. The van der Waals surface area contributed by atoms with E-state index in [0.717, 1.165) is 48.3 Å². The molecule has 0 fully saturated rings. The summed E-state index contributed by atoms with van der Waals surface area (Å²) in [5.41, 5.74) is 2.45. The Hall–Kier alpha value is -3.52. The van der Waals surface area contributed by atoms with E-state index >= 15 is 0 Å². The van der Waals surface area contributed by atoms with Crippen molar-refractivity contribution in [2.45, 2.75) is 65.1 Å². The van der Waals surface area contributed by atoms with E-state index in [2.05, 4.69) is 77.4 Å². The lowest BCUT2D eigenvalue weighted by atomic mass is 10.0. The van der Waals surface area contributed by atoms with Crippen LogP contribution >= 0.6 is 0 Å². The summed E-state index contributed by atoms with van der Waals surface area (Å²) in [6.45, 7) is 9.82. The van der Waals surface area contributed by atoms with Crippen LogP contribution in [0, 0.1) is 0 Å². The van der Waals surface area contributed by atoms with Crippen molar-refractivity contribution in [3.05, 3.63) is 81.9 Å². The normalized spacial score (nSPS) is 12.8. The molecule has 0 amide bonds. The van der Waals surface area contributed by atoms with Crippen molar-refractivity contribution in [2.24, 2.45) is 0 Å². The smallest absolute Gasteiger partial charge is 0.252 e. The fourth-order valence-corrected chi connectivity index (χ4v) is 4.54. The Kier molecular flexibility index (Phi) is 7.84. The highest BCUT2D eigenvalue weighted by Gasteiger charge is 2.31. The van der Waals surface area contributed by atoms with Crippen LogP contribution in [0.1, 0.15) is 63.5 Å². The number of rotatable bonds is 11. The molecule has 0 aliphatic heterocycles. The van der Waals surface area contributed by atoms with Crippen molar-refractivity contribution in [1.82, 2.24) is 30.1 Å². The Morgan fingerprint density at radius 1 is 1.11 bits per heavy atom. The zero-order valence-corrected chi connectivity index (χ0v) is 21.9. The third-order valence-electron chi connectivity index (χ3n) is 7.09. The van der Waals surface area contributed by atoms with E-state index < -0.39 is 0 Å². The number of nitrogens with one attached hydrogen (secondary N) is 1. The predicted octanol–water partition coefficient (Wildman–Crippen LogP) is 4.86. The van der Waals surface area contributed by atoms with Crippen LogP contribution in [0.5, 0.6) is 5.75 Å². The van der Waals surface area contributed by atoms with Gasteiger partial charge in [-0.05, 0) is 73.4 Å². The number of nitrogens with zero attached hydrogens (tertiary/aromatic N) is 5. The van der Waals surface area contributed by atoms with Crippen LogP contribution < -0.4 is 10.3 Å². The number of hydrogen-bond acceptors (Lipinski definition) is 6. The second kappa shape index (κ2) is 11.0. The van der Waals surface area contributed by atoms with Gasteiger partial charge in [0.1, 0.15) is 5.75 Å². The first-order valence-corrected chi connectivity index (χ1v) is 12.6. The summed E-state index contributed by atoms with van der Waals surface area (Å²) in [6, 6.07) is 18.0. The highest BCUT2D eigenvalue weighted by Crippen LogP contribution is 2.29. The van der Waals surface area contributed by atoms with E-state index in [1.165, 1.54) is 5.56 Å². The number of methoxy groups -OCH3 is 1. The lowest BCUT2D eigenvalue weighted by molar-refractivity contribution is 0.160. The van der Waals surface area contributed by atoms with Crippen LogP contribution in [0.15, 0.2) is 59.4 Å². The summed E-state index contributed by atoms with van der Waals surface area (Å²) >= 11 is 0. The van der Waals surface area contributed by atoms with Gasteiger partial charge in [0.25, 0.3) is 5.56 Å². The standard InChI is InChI=1S/C28H36N6O2/c1-6-25(26-30-31-32-34(26)28(3,4)7-2)33(16-15-20-11-9-8-10-12-20)19-22-17-21-18-23(36-5)13-14-24(21)29-27(22)35/h8-14,17-18,25H,6-7,15-16,19H2,1-5H3,(H,29,35)/t25-/m0/s1. The van der Waals surface area contributed by atoms with Gasteiger partial charge in [-0.3, -0.25) is 9.69 Å². The molecule has 190 valence electrons. The Bertz CT molecular complexity index is 1350. The van der Waals surface area contributed by atoms with Gasteiger partial charge >= 0.3 is 0 Å². The number of aromatic amines is 1. The molecule has 0 aliphatic rings. The zero-order chi connectivity index (χ0) is 25.7. The van der Waals surface area contributed by atoms with Gasteiger partial charge in [0.15, 0.2) is 5.82 Å². The van der Waals surface area contributed by atoms with Crippen molar-refractivity contribution in [1.29, 1.82) is 0 Å². The van der Waals surface area contributed by atoms with Crippen LogP contribution in [0.25, 0.3) is 10.9 Å². The van der Waals surface area contributed by atoms with Gasteiger partial charge in [0, 0.05) is 29.6 Å². The quantitative estimate of drug-likeness (QED) is 0.324. The largest absolute Gasteiger partial charge is 0.497 e. The summed E-state index contributed by atoms with van der Waals surface area (Å²) in [7, 11) is 1.65. The van der Waals surface area contributed by atoms with Crippen LogP contribution in [-0.4, -0.2) is 43.7 Å². The lowest BCUT2D eigenvalue weighted by Gasteiger charge is -2.33. The average molecular weight is 489 g/mol. The monoisotopic (exact) mass is 488 g/mol. The summed E-state index contributed by atoms with van der Waals surface area (Å²) in [6.07, 6.45) is 2.57. The number of benzene rings is 2. The molecule has 4 aromatic rings. The molecule has 2 aromatic heterocycles. The van der Waals surface area contributed by atoms with Crippen LogP contribution in [-0.2, 0) is 18.5 Å². The molecule has 2 aromatic carbocycles. The van der Waals surface area contributed by atoms with Gasteiger partial charge < -0.3 is 9.72 Å². The maximum absolute atomic E-state index is 13.1. The van der Waals surface area contributed by atoms with E-state index in [1.807, 2.05) is 35.0 Å². The molecule has 0 saturated carbocycles. The van der Waals surface area contributed by atoms with Gasteiger partial charge in [-0.15, -0.1) is 5.10 Å². The van der Waals surface area contributed by atoms with Crippen LogP contribution in [0.3, 0.4) is 0 Å². The average Bonchev–Trinajstić information content (AvgIpc) is 3.39. The minimum absolute atomic E-state index is 0.0463. The summed E-state index contributed by atoms with van der Waals surface area (Å²) in [4.78, 5) is 18.5. The van der Waals surface area contributed by atoms with E-state index in [9.17, 15) is 4.79 Å². The number of fused-ring (bicyclic) bond motifs is 1. The summed E-state index contributed by atoms with van der Waals surface area (Å²) in [5.74, 6) is 1.59. The van der Waals surface area contributed by atoms with Crippen molar-refractivity contribution in [3.63, 3.8) is 0 Å². The van der Waals surface area contributed by atoms with E-state index in [1.54, 1.807) is 7.11 Å². The fraction of sp³-hybridized carbons (Fsp3) is 0.429. The number of pyridine rings is 1. The van der Waals surface area contributed by atoms with E-state index in [4.69, 9.17) is 4.74 Å². The Morgan fingerprint density at radius 3 is 2.58 bits per heavy atom. The van der Waals surface area contributed by atoms with Crippen molar-refractivity contribution in [2.75, 3.05) is 13.7 Å². The Balaban J connectivity index is 1.73. The first-order valence-electron chi connectivity index (χ1n) is 12.6. The number of H-pyrrole nitrogens is 1. The summed E-state index contributed by atoms with van der Waals surface area (Å²) in [5, 5.41) is 13.8. The highest BCUT2D eigenvalue weighted by molar-refractivity contribution is 5.80.